The van der Waals surface area contributed by atoms with Gasteiger partial charge in [0.2, 0.25) is 5.91 Å². The van der Waals surface area contributed by atoms with Gasteiger partial charge in [-0.05, 0) is 44.4 Å². The molecular weight excluding hydrogens is 269 g/mol. The van der Waals surface area contributed by atoms with Gasteiger partial charge in [-0.15, -0.1) is 0 Å². The van der Waals surface area contributed by atoms with Crippen LogP contribution in [0.5, 0.6) is 0 Å². The summed E-state index contributed by atoms with van der Waals surface area (Å²) < 4.78 is 13.5. The van der Waals surface area contributed by atoms with E-state index >= 15 is 0 Å². The molecule has 0 bridgehead atoms. The number of fused-ring (bicyclic) bond motifs is 1. The number of H-pyrrole nitrogens is 1. The quantitative estimate of drug-likeness (QED) is 0.892. The fourth-order valence-corrected chi connectivity index (χ4v) is 2.76. The van der Waals surface area contributed by atoms with Crippen molar-refractivity contribution in [3.63, 3.8) is 0 Å². The molecular formula is C16H18FN3O. The van der Waals surface area contributed by atoms with Crippen LogP contribution in [-0.2, 0) is 17.6 Å². The van der Waals surface area contributed by atoms with Crippen molar-refractivity contribution in [2.24, 2.45) is 5.92 Å². The van der Waals surface area contributed by atoms with Crippen LogP contribution in [0.2, 0.25) is 0 Å². The molecule has 1 atom stereocenters. The van der Waals surface area contributed by atoms with Crippen molar-refractivity contribution < 1.29 is 9.18 Å². The zero-order chi connectivity index (χ0) is 15.0. The van der Waals surface area contributed by atoms with Crippen molar-refractivity contribution in [3.05, 3.63) is 46.8 Å². The van der Waals surface area contributed by atoms with Crippen LogP contribution in [0.3, 0.4) is 0 Å². The summed E-state index contributed by atoms with van der Waals surface area (Å²) >= 11 is 0. The second-order valence-electron chi connectivity index (χ2n) is 5.64. The number of rotatable bonds is 2. The zero-order valence-corrected chi connectivity index (χ0v) is 12.2. The summed E-state index contributed by atoms with van der Waals surface area (Å²) in [5.74, 6) is 0.433. The smallest absolute Gasteiger partial charge is 0.227 e. The van der Waals surface area contributed by atoms with Gasteiger partial charge in [0.15, 0.2) is 0 Å². The fraction of sp³-hybridized carbons (Fsp3) is 0.375. The van der Waals surface area contributed by atoms with Crippen molar-refractivity contribution in [1.29, 1.82) is 0 Å². The topological polar surface area (TPSA) is 57.8 Å². The molecule has 110 valence electrons. The van der Waals surface area contributed by atoms with Gasteiger partial charge in [-0.2, -0.15) is 0 Å². The monoisotopic (exact) mass is 287 g/mol. The Hall–Kier alpha value is -2.17. The third-order valence-electron chi connectivity index (χ3n) is 3.97. The highest BCUT2D eigenvalue weighted by Crippen LogP contribution is 2.25. The van der Waals surface area contributed by atoms with E-state index in [1.807, 2.05) is 6.92 Å². The van der Waals surface area contributed by atoms with Crippen LogP contribution in [0.15, 0.2) is 18.2 Å². The van der Waals surface area contributed by atoms with Crippen molar-refractivity contribution in [3.8, 4) is 0 Å². The third-order valence-corrected chi connectivity index (χ3v) is 3.97. The largest absolute Gasteiger partial charge is 0.346 e. The number of anilines is 1. The SMILES string of the molecule is Cc1nc2c([nH]1)CC(C(=O)Nc1ccc(C)c(F)c1)CC2. The third kappa shape index (κ3) is 2.82. The predicted octanol–water partition coefficient (Wildman–Crippen LogP) is 2.91. The molecule has 1 unspecified atom stereocenters. The van der Waals surface area contributed by atoms with Gasteiger partial charge in [0, 0.05) is 23.7 Å². The van der Waals surface area contributed by atoms with Gasteiger partial charge in [-0.25, -0.2) is 9.37 Å². The van der Waals surface area contributed by atoms with Crippen molar-refractivity contribution in [2.75, 3.05) is 5.32 Å². The summed E-state index contributed by atoms with van der Waals surface area (Å²) in [7, 11) is 0. The lowest BCUT2D eigenvalue weighted by atomic mass is 9.89. The van der Waals surface area contributed by atoms with E-state index in [9.17, 15) is 9.18 Å². The highest BCUT2D eigenvalue weighted by atomic mass is 19.1. The van der Waals surface area contributed by atoms with E-state index < -0.39 is 0 Å². The number of carbonyl (C=O) groups is 1. The van der Waals surface area contributed by atoms with Gasteiger partial charge in [0.1, 0.15) is 11.6 Å². The number of imidazole rings is 1. The minimum atomic E-state index is -0.303. The number of carbonyl (C=O) groups excluding carboxylic acids is 1. The fourth-order valence-electron chi connectivity index (χ4n) is 2.76. The molecule has 2 N–H and O–H groups in total. The van der Waals surface area contributed by atoms with Crippen LogP contribution >= 0.6 is 0 Å². The molecule has 0 aliphatic heterocycles. The molecule has 0 spiro atoms. The van der Waals surface area contributed by atoms with Crippen LogP contribution < -0.4 is 5.32 Å². The van der Waals surface area contributed by atoms with Crippen molar-refractivity contribution in [1.82, 2.24) is 9.97 Å². The minimum absolute atomic E-state index is 0.0591. The molecule has 5 heteroatoms. The molecule has 1 aromatic heterocycles. The molecule has 1 amide bonds. The minimum Gasteiger partial charge on any atom is -0.346 e. The number of amides is 1. The van der Waals surface area contributed by atoms with Crippen LogP contribution in [0, 0.1) is 25.6 Å². The first-order chi connectivity index (χ1) is 10.0. The number of aryl methyl sites for hydroxylation is 3. The molecule has 4 nitrogen and oxygen atoms in total. The molecule has 21 heavy (non-hydrogen) atoms. The Morgan fingerprint density at radius 1 is 1.43 bits per heavy atom. The second-order valence-corrected chi connectivity index (χ2v) is 5.64. The van der Waals surface area contributed by atoms with E-state index in [1.165, 1.54) is 6.07 Å². The number of aromatic nitrogens is 2. The summed E-state index contributed by atoms with van der Waals surface area (Å²) in [5.41, 5.74) is 3.20. The summed E-state index contributed by atoms with van der Waals surface area (Å²) in [4.78, 5) is 19.9. The zero-order valence-electron chi connectivity index (χ0n) is 12.2. The Balaban J connectivity index is 1.70. The first kappa shape index (κ1) is 13.8. The summed E-state index contributed by atoms with van der Waals surface area (Å²) in [6, 6.07) is 4.76. The first-order valence-corrected chi connectivity index (χ1v) is 7.14. The molecule has 2 aromatic rings. The average molecular weight is 287 g/mol. The van der Waals surface area contributed by atoms with Gasteiger partial charge in [-0.3, -0.25) is 4.79 Å². The first-order valence-electron chi connectivity index (χ1n) is 7.14. The Morgan fingerprint density at radius 2 is 2.24 bits per heavy atom. The highest BCUT2D eigenvalue weighted by Gasteiger charge is 2.26. The van der Waals surface area contributed by atoms with E-state index in [0.717, 1.165) is 30.1 Å². The molecule has 1 aliphatic carbocycles. The van der Waals surface area contributed by atoms with E-state index in [0.29, 0.717) is 17.7 Å². The molecule has 3 rings (SSSR count). The molecule has 1 aliphatic rings. The van der Waals surface area contributed by atoms with Crippen molar-refractivity contribution >= 4 is 11.6 Å². The average Bonchev–Trinajstić information content (AvgIpc) is 2.82. The molecule has 0 saturated carbocycles. The Labute approximate surface area is 122 Å². The van der Waals surface area contributed by atoms with Gasteiger partial charge in [-0.1, -0.05) is 6.07 Å². The lowest BCUT2D eigenvalue weighted by molar-refractivity contribution is -0.120. The maximum absolute atomic E-state index is 13.5. The van der Waals surface area contributed by atoms with Gasteiger partial charge < -0.3 is 10.3 Å². The summed E-state index contributed by atoms with van der Waals surface area (Å²) in [6.07, 6.45) is 2.24. The predicted molar refractivity (Wildman–Crippen MR) is 78.6 cm³/mol. The van der Waals surface area contributed by atoms with Crippen LogP contribution in [0.25, 0.3) is 0 Å². The molecule has 1 heterocycles. The number of nitrogens with one attached hydrogen (secondary N) is 2. The van der Waals surface area contributed by atoms with Crippen LogP contribution in [0.1, 0.15) is 29.2 Å². The molecule has 0 saturated heterocycles. The summed E-state index contributed by atoms with van der Waals surface area (Å²) in [6.45, 7) is 3.62. The van der Waals surface area contributed by atoms with Gasteiger partial charge in [0.05, 0.1) is 5.69 Å². The maximum Gasteiger partial charge on any atom is 0.227 e. The number of halogens is 1. The molecule has 1 aromatic carbocycles. The molecule has 0 fully saturated rings. The lowest BCUT2D eigenvalue weighted by Gasteiger charge is -2.20. The Morgan fingerprint density at radius 3 is 3.00 bits per heavy atom. The van der Waals surface area contributed by atoms with E-state index in [4.69, 9.17) is 0 Å². The van der Waals surface area contributed by atoms with Crippen LogP contribution in [-0.4, -0.2) is 15.9 Å². The van der Waals surface area contributed by atoms with Gasteiger partial charge in [0.25, 0.3) is 0 Å². The Bertz CT molecular complexity index is 693. The highest BCUT2D eigenvalue weighted by molar-refractivity contribution is 5.92. The van der Waals surface area contributed by atoms with Crippen LogP contribution in [0.4, 0.5) is 10.1 Å². The summed E-state index contributed by atoms with van der Waals surface area (Å²) in [5, 5.41) is 2.80. The van der Waals surface area contributed by atoms with Crippen molar-refractivity contribution in [2.45, 2.75) is 33.1 Å². The number of nitrogens with zero attached hydrogens (tertiary/aromatic N) is 1. The second kappa shape index (κ2) is 5.31. The maximum atomic E-state index is 13.5. The van der Waals surface area contributed by atoms with E-state index in [2.05, 4.69) is 15.3 Å². The van der Waals surface area contributed by atoms with E-state index in [-0.39, 0.29) is 17.6 Å². The number of benzene rings is 1. The lowest BCUT2D eigenvalue weighted by Crippen LogP contribution is -2.28. The number of hydrogen-bond donors (Lipinski definition) is 2. The normalized spacial score (nSPS) is 17.4. The standard InChI is InChI=1S/C16H18FN3O/c1-9-3-5-12(8-13(9)17)20-16(21)11-4-6-14-15(7-11)19-10(2)18-14/h3,5,8,11H,4,6-7H2,1-2H3,(H,18,19)(H,20,21). The number of hydrogen-bond acceptors (Lipinski definition) is 2. The number of aromatic amines is 1. The van der Waals surface area contributed by atoms with E-state index in [1.54, 1.807) is 19.1 Å². The molecule has 0 radical (unpaired) electrons. The Kier molecular flexibility index (Phi) is 3.49. The van der Waals surface area contributed by atoms with Gasteiger partial charge >= 0.3 is 0 Å².